The minimum absolute atomic E-state index is 0.0216. The van der Waals surface area contributed by atoms with Crippen LogP contribution >= 0.6 is 0 Å². The monoisotopic (exact) mass is 535 g/mol. The number of likely N-dealkylation sites (N-methyl/N-ethyl adjacent to an activating group) is 1. The molecule has 2 aromatic heterocycles. The van der Waals surface area contributed by atoms with Crippen molar-refractivity contribution in [1.82, 2.24) is 19.4 Å². The summed E-state index contributed by atoms with van der Waals surface area (Å²) in [6.45, 7) is 16.9. The highest BCUT2D eigenvalue weighted by molar-refractivity contribution is 6.76. The Morgan fingerprint density at radius 2 is 1.95 bits per heavy atom. The predicted octanol–water partition coefficient (Wildman–Crippen LogP) is 5.31. The van der Waals surface area contributed by atoms with E-state index in [0.717, 1.165) is 17.3 Å². The molecule has 1 fully saturated rings. The van der Waals surface area contributed by atoms with Crippen molar-refractivity contribution in [2.24, 2.45) is 5.41 Å². The van der Waals surface area contributed by atoms with Gasteiger partial charge in [0.25, 0.3) is 0 Å². The van der Waals surface area contributed by atoms with Crippen LogP contribution in [0.1, 0.15) is 38.1 Å². The number of aromatic nitrogens is 3. The summed E-state index contributed by atoms with van der Waals surface area (Å²) in [6, 6.07) is 9.31. The summed E-state index contributed by atoms with van der Waals surface area (Å²) < 4.78 is 7.88. The Kier molecular flexibility index (Phi) is 7.81. The topological polar surface area (TPSA) is 80.6 Å². The van der Waals surface area contributed by atoms with Crippen LogP contribution in [0.15, 0.2) is 36.7 Å². The molecule has 0 bridgehead atoms. The highest BCUT2D eigenvalue weighted by Crippen LogP contribution is 2.30. The van der Waals surface area contributed by atoms with Crippen molar-refractivity contribution in [3.05, 3.63) is 42.2 Å². The number of nitrogens with zero attached hydrogens (tertiary/aromatic N) is 5. The number of Topliss-reactive ketones (excluding diaryl/α,β-unsaturated/α-hetero) is 1. The van der Waals surface area contributed by atoms with Crippen molar-refractivity contribution in [2.45, 2.75) is 66.2 Å². The van der Waals surface area contributed by atoms with Crippen molar-refractivity contribution in [2.75, 3.05) is 31.6 Å². The van der Waals surface area contributed by atoms with Crippen LogP contribution in [0.3, 0.4) is 0 Å². The molecule has 0 spiro atoms. The Hall–Kier alpha value is -3.04. The van der Waals surface area contributed by atoms with Crippen LogP contribution in [0.5, 0.6) is 0 Å². The van der Waals surface area contributed by atoms with E-state index in [0.29, 0.717) is 48.8 Å². The van der Waals surface area contributed by atoms with Gasteiger partial charge in [-0.15, -0.1) is 0 Å². The average Bonchev–Trinajstić information content (AvgIpc) is 3.20. The standard InChI is InChI=1S/C29H41N5O3Si/c1-20-16-32(5)25(35)18-34(20)22-11-9-10-21(14-22)24-15-30-28-26(31-24)23(27(36)29(2,3)4)17-33(28)19-37-12-13-38(6,7)8/h9-11,14-15,17,20H,12-13,16,18-19H2,1-8H3. The maximum atomic E-state index is 13.4. The van der Waals surface area contributed by atoms with Crippen molar-refractivity contribution in [3.63, 3.8) is 0 Å². The fraction of sp³-hybridized carbons (Fsp3) is 0.517. The summed E-state index contributed by atoms with van der Waals surface area (Å²) in [7, 11) is 0.643. The molecular formula is C29H41N5O3Si. The van der Waals surface area contributed by atoms with Gasteiger partial charge in [0, 0.05) is 57.2 Å². The van der Waals surface area contributed by atoms with Crippen molar-refractivity contribution < 1.29 is 14.3 Å². The van der Waals surface area contributed by atoms with Crippen LogP contribution in [0.25, 0.3) is 22.4 Å². The van der Waals surface area contributed by atoms with Gasteiger partial charge in [-0.25, -0.2) is 9.97 Å². The molecule has 1 aromatic carbocycles. The third-order valence-corrected chi connectivity index (χ3v) is 8.70. The largest absolute Gasteiger partial charge is 0.361 e. The fourth-order valence-electron chi connectivity index (χ4n) is 4.61. The van der Waals surface area contributed by atoms with E-state index in [1.165, 1.54) is 0 Å². The van der Waals surface area contributed by atoms with Crippen molar-refractivity contribution in [3.8, 4) is 11.3 Å². The highest BCUT2D eigenvalue weighted by Gasteiger charge is 2.29. The molecule has 1 aliphatic heterocycles. The van der Waals surface area contributed by atoms with Gasteiger partial charge in [-0.2, -0.15) is 0 Å². The molecule has 3 heterocycles. The van der Waals surface area contributed by atoms with Crippen LogP contribution in [-0.4, -0.2) is 72.0 Å². The van der Waals surface area contributed by atoms with E-state index in [9.17, 15) is 9.59 Å². The molecule has 0 aliphatic carbocycles. The molecule has 1 aliphatic rings. The third-order valence-electron chi connectivity index (χ3n) is 6.99. The molecule has 9 heteroatoms. The average molecular weight is 536 g/mol. The fourth-order valence-corrected chi connectivity index (χ4v) is 5.37. The molecule has 0 N–H and O–H groups in total. The first-order valence-corrected chi connectivity index (χ1v) is 17.0. The lowest BCUT2D eigenvalue weighted by molar-refractivity contribution is -0.130. The number of amides is 1. The van der Waals surface area contributed by atoms with Crippen LogP contribution in [0, 0.1) is 5.41 Å². The lowest BCUT2D eigenvalue weighted by Gasteiger charge is -2.39. The normalized spacial score (nSPS) is 16.9. The summed E-state index contributed by atoms with van der Waals surface area (Å²) >= 11 is 0. The Labute approximate surface area is 227 Å². The van der Waals surface area contributed by atoms with E-state index in [-0.39, 0.29) is 17.7 Å². The molecule has 204 valence electrons. The van der Waals surface area contributed by atoms with Gasteiger partial charge in [0.05, 0.1) is 24.0 Å². The van der Waals surface area contributed by atoms with E-state index in [4.69, 9.17) is 14.7 Å². The van der Waals surface area contributed by atoms with E-state index in [1.807, 2.05) is 62.8 Å². The van der Waals surface area contributed by atoms with Crippen LogP contribution in [-0.2, 0) is 16.3 Å². The second kappa shape index (κ2) is 10.6. The molecule has 1 atom stereocenters. The summed E-state index contributed by atoms with van der Waals surface area (Å²) in [5, 5.41) is 0. The minimum Gasteiger partial charge on any atom is -0.361 e. The van der Waals surface area contributed by atoms with Gasteiger partial charge in [0.1, 0.15) is 12.2 Å². The van der Waals surface area contributed by atoms with E-state index in [2.05, 4.69) is 31.5 Å². The van der Waals surface area contributed by atoms with Gasteiger partial charge in [-0.05, 0) is 25.1 Å². The number of ketones is 1. The molecule has 1 amide bonds. The maximum absolute atomic E-state index is 13.4. The van der Waals surface area contributed by atoms with Crippen molar-refractivity contribution in [1.29, 1.82) is 0 Å². The number of benzene rings is 1. The second-order valence-corrected chi connectivity index (χ2v) is 18.3. The molecular weight excluding hydrogens is 494 g/mol. The quantitative estimate of drug-likeness (QED) is 0.221. The van der Waals surface area contributed by atoms with Crippen LogP contribution in [0.4, 0.5) is 5.69 Å². The molecule has 0 saturated carbocycles. The van der Waals surface area contributed by atoms with Crippen LogP contribution < -0.4 is 4.90 Å². The number of carbonyl (C=O) groups excluding carboxylic acids is 2. The minimum atomic E-state index is -1.20. The first-order valence-electron chi connectivity index (χ1n) is 13.3. The molecule has 3 aromatic rings. The van der Waals surface area contributed by atoms with Gasteiger partial charge in [0.2, 0.25) is 5.91 Å². The number of carbonyl (C=O) groups is 2. The number of fused-ring (bicyclic) bond motifs is 1. The molecule has 1 saturated heterocycles. The lowest BCUT2D eigenvalue weighted by atomic mass is 9.87. The number of hydrogen-bond donors (Lipinski definition) is 0. The summed E-state index contributed by atoms with van der Waals surface area (Å²) in [5.74, 6) is 0.127. The Morgan fingerprint density at radius 1 is 1.21 bits per heavy atom. The van der Waals surface area contributed by atoms with Gasteiger partial charge in [-0.1, -0.05) is 52.5 Å². The number of piperazine rings is 1. The number of anilines is 1. The summed E-state index contributed by atoms with van der Waals surface area (Å²) in [5.41, 5.74) is 3.78. The zero-order valence-corrected chi connectivity index (χ0v) is 25.0. The van der Waals surface area contributed by atoms with Crippen LogP contribution in [0.2, 0.25) is 25.7 Å². The zero-order valence-electron chi connectivity index (χ0n) is 24.0. The third kappa shape index (κ3) is 6.15. The van der Waals surface area contributed by atoms with Gasteiger partial charge in [0.15, 0.2) is 11.4 Å². The smallest absolute Gasteiger partial charge is 0.241 e. The van der Waals surface area contributed by atoms with E-state index >= 15 is 0 Å². The number of ether oxygens (including phenoxy) is 1. The SMILES string of the molecule is CC1CN(C)C(=O)CN1c1cccc(-c2cnc3c(n2)c(C(=O)C(C)(C)C)cn3COCC[Si](C)(C)C)c1. The van der Waals surface area contributed by atoms with Gasteiger partial charge in [-0.3, -0.25) is 9.59 Å². The summed E-state index contributed by atoms with van der Waals surface area (Å²) in [4.78, 5) is 39.4. The number of rotatable bonds is 8. The first-order chi connectivity index (χ1) is 17.7. The Morgan fingerprint density at radius 3 is 2.63 bits per heavy atom. The van der Waals surface area contributed by atoms with E-state index in [1.54, 1.807) is 11.1 Å². The Bertz CT molecular complexity index is 1340. The second-order valence-electron chi connectivity index (χ2n) is 12.7. The van der Waals surface area contributed by atoms with E-state index < -0.39 is 13.5 Å². The molecule has 0 radical (unpaired) electrons. The maximum Gasteiger partial charge on any atom is 0.241 e. The lowest BCUT2D eigenvalue weighted by Crippen LogP contribution is -2.53. The highest BCUT2D eigenvalue weighted by atomic mass is 28.3. The van der Waals surface area contributed by atoms with Gasteiger partial charge < -0.3 is 19.1 Å². The Balaban J connectivity index is 1.69. The van der Waals surface area contributed by atoms with Gasteiger partial charge >= 0.3 is 0 Å². The molecule has 1 unspecified atom stereocenters. The molecule has 38 heavy (non-hydrogen) atoms. The molecule has 4 rings (SSSR count). The summed E-state index contributed by atoms with van der Waals surface area (Å²) in [6.07, 6.45) is 3.59. The molecule has 8 nitrogen and oxygen atoms in total. The zero-order chi connectivity index (χ0) is 27.8. The number of hydrogen-bond acceptors (Lipinski definition) is 6. The first kappa shape index (κ1) is 28.0. The van der Waals surface area contributed by atoms with Crippen molar-refractivity contribution >= 4 is 36.6 Å². The predicted molar refractivity (Wildman–Crippen MR) is 155 cm³/mol.